The van der Waals surface area contributed by atoms with Gasteiger partial charge in [0.25, 0.3) is 0 Å². The van der Waals surface area contributed by atoms with E-state index in [4.69, 9.17) is 16.7 Å². The van der Waals surface area contributed by atoms with Gasteiger partial charge in [0.1, 0.15) is 5.82 Å². The molecule has 0 spiro atoms. The van der Waals surface area contributed by atoms with Gasteiger partial charge >= 0.3 is 5.97 Å². The number of carbonyl (C=O) groups is 1. The first-order valence-corrected chi connectivity index (χ1v) is 4.35. The number of hydrogen-bond donors (Lipinski definition) is 2. The van der Waals surface area contributed by atoms with Crippen molar-refractivity contribution >= 4 is 28.6 Å². The SMILES string of the molecule is Cc1nc2cc(C(=O)O)c(Cl)cc2[nH]1. The van der Waals surface area contributed by atoms with E-state index in [1.165, 1.54) is 6.07 Å². The van der Waals surface area contributed by atoms with Crippen LogP contribution >= 0.6 is 11.6 Å². The molecule has 0 amide bonds. The van der Waals surface area contributed by atoms with Crippen molar-refractivity contribution < 1.29 is 9.90 Å². The number of aromatic carboxylic acids is 1. The number of rotatable bonds is 1. The van der Waals surface area contributed by atoms with Crippen LogP contribution in [0, 0.1) is 6.92 Å². The van der Waals surface area contributed by atoms with Gasteiger partial charge in [-0.2, -0.15) is 0 Å². The van der Waals surface area contributed by atoms with Crippen molar-refractivity contribution in [2.24, 2.45) is 0 Å². The highest BCUT2D eigenvalue weighted by Crippen LogP contribution is 2.22. The second-order valence-electron chi connectivity index (χ2n) is 2.98. The molecule has 0 bridgehead atoms. The van der Waals surface area contributed by atoms with Gasteiger partial charge < -0.3 is 10.1 Å². The van der Waals surface area contributed by atoms with Crippen LogP contribution in [0.1, 0.15) is 16.2 Å². The smallest absolute Gasteiger partial charge is 0.337 e. The number of carboxylic acids is 1. The average molecular weight is 211 g/mol. The maximum atomic E-state index is 10.7. The Hall–Kier alpha value is -1.55. The van der Waals surface area contributed by atoms with Gasteiger partial charge in [-0.05, 0) is 19.1 Å². The van der Waals surface area contributed by atoms with Crippen LogP contribution in [0.3, 0.4) is 0 Å². The first-order chi connectivity index (χ1) is 6.58. The van der Waals surface area contributed by atoms with E-state index in [0.29, 0.717) is 5.52 Å². The first kappa shape index (κ1) is 9.02. The van der Waals surface area contributed by atoms with Gasteiger partial charge in [-0.25, -0.2) is 9.78 Å². The monoisotopic (exact) mass is 210 g/mol. The summed E-state index contributed by atoms with van der Waals surface area (Å²) in [6.45, 7) is 1.80. The summed E-state index contributed by atoms with van der Waals surface area (Å²) in [6, 6.07) is 3.03. The highest BCUT2D eigenvalue weighted by atomic mass is 35.5. The van der Waals surface area contributed by atoms with E-state index in [-0.39, 0.29) is 10.6 Å². The van der Waals surface area contributed by atoms with E-state index in [1.54, 1.807) is 13.0 Å². The standard InChI is InChI=1S/C9H7ClN2O2/c1-4-11-7-2-5(9(13)14)6(10)3-8(7)12-4/h2-3H,1H3,(H,11,12)(H,13,14). The predicted molar refractivity (Wildman–Crippen MR) is 52.8 cm³/mol. The molecular formula is C9H7ClN2O2. The number of aromatic nitrogens is 2. The van der Waals surface area contributed by atoms with Gasteiger partial charge in [0, 0.05) is 0 Å². The van der Waals surface area contributed by atoms with Crippen molar-refractivity contribution in [2.75, 3.05) is 0 Å². The summed E-state index contributed by atoms with van der Waals surface area (Å²) in [4.78, 5) is 17.8. The molecular weight excluding hydrogens is 204 g/mol. The number of benzene rings is 1. The van der Waals surface area contributed by atoms with Gasteiger partial charge in [-0.1, -0.05) is 11.6 Å². The summed E-state index contributed by atoms with van der Waals surface area (Å²) in [7, 11) is 0. The lowest BCUT2D eigenvalue weighted by atomic mass is 10.2. The Kier molecular flexibility index (Phi) is 1.93. The lowest BCUT2D eigenvalue weighted by Gasteiger charge is -1.97. The Bertz CT molecular complexity index is 519. The fourth-order valence-electron chi connectivity index (χ4n) is 1.32. The third-order valence-corrected chi connectivity index (χ3v) is 2.23. The molecule has 4 nitrogen and oxygen atoms in total. The van der Waals surface area contributed by atoms with Crippen LogP contribution in [-0.4, -0.2) is 21.0 Å². The van der Waals surface area contributed by atoms with Crippen LogP contribution in [-0.2, 0) is 0 Å². The molecule has 2 aromatic rings. The summed E-state index contributed by atoms with van der Waals surface area (Å²) in [5.74, 6) is -0.309. The zero-order valence-corrected chi connectivity index (χ0v) is 8.09. The molecule has 1 aromatic heterocycles. The molecule has 0 aliphatic rings. The Labute approximate surface area is 84.5 Å². The third-order valence-electron chi connectivity index (χ3n) is 1.92. The van der Waals surface area contributed by atoms with Crippen molar-refractivity contribution in [2.45, 2.75) is 6.92 Å². The number of carboxylic acid groups (broad SMARTS) is 1. The highest BCUT2D eigenvalue weighted by molar-refractivity contribution is 6.34. The molecule has 72 valence electrons. The Balaban J connectivity index is 2.76. The van der Waals surface area contributed by atoms with Gasteiger partial charge in [0.15, 0.2) is 0 Å². The van der Waals surface area contributed by atoms with Gasteiger partial charge in [0.2, 0.25) is 0 Å². The number of aromatic amines is 1. The Morgan fingerprint density at radius 3 is 2.93 bits per heavy atom. The van der Waals surface area contributed by atoms with E-state index < -0.39 is 5.97 Å². The number of fused-ring (bicyclic) bond motifs is 1. The number of imidazole rings is 1. The van der Waals surface area contributed by atoms with Crippen LogP contribution in [0.5, 0.6) is 0 Å². The summed E-state index contributed by atoms with van der Waals surface area (Å²) < 4.78 is 0. The average Bonchev–Trinajstić information content (AvgIpc) is 2.42. The molecule has 1 aromatic carbocycles. The summed E-state index contributed by atoms with van der Waals surface area (Å²) >= 11 is 5.78. The maximum Gasteiger partial charge on any atom is 0.337 e. The fraction of sp³-hybridized carbons (Fsp3) is 0.111. The van der Waals surface area contributed by atoms with Crippen LogP contribution in [0.25, 0.3) is 11.0 Å². The zero-order chi connectivity index (χ0) is 10.3. The fourth-order valence-corrected chi connectivity index (χ4v) is 1.57. The Morgan fingerprint density at radius 2 is 2.29 bits per heavy atom. The lowest BCUT2D eigenvalue weighted by molar-refractivity contribution is 0.0697. The quantitative estimate of drug-likeness (QED) is 0.759. The van der Waals surface area contributed by atoms with E-state index in [1.807, 2.05) is 0 Å². The van der Waals surface area contributed by atoms with Gasteiger partial charge in [-0.3, -0.25) is 0 Å². The number of nitrogens with zero attached hydrogens (tertiary/aromatic N) is 1. The van der Waals surface area contributed by atoms with Crippen molar-refractivity contribution in [3.05, 3.63) is 28.5 Å². The molecule has 0 saturated heterocycles. The van der Waals surface area contributed by atoms with E-state index in [0.717, 1.165) is 11.3 Å². The van der Waals surface area contributed by atoms with E-state index in [9.17, 15) is 4.79 Å². The van der Waals surface area contributed by atoms with Crippen LogP contribution < -0.4 is 0 Å². The number of aryl methyl sites for hydroxylation is 1. The molecule has 0 atom stereocenters. The van der Waals surface area contributed by atoms with Crippen molar-refractivity contribution in [3.8, 4) is 0 Å². The molecule has 1 heterocycles. The normalized spacial score (nSPS) is 10.7. The number of H-pyrrole nitrogens is 1. The third kappa shape index (κ3) is 1.33. The van der Waals surface area contributed by atoms with Gasteiger partial charge in [0.05, 0.1) is 21.6 Å². The molecule has 0 unspecified atom stereocenters. The zero-order valence-electron chi connectivity index (χ0n) is 7.34. The number of halogens is 1. The molecule has 2 N–H and O–H groups in total. The second-order valence-corrected chi connectivity index (χ2v) is 3.38. The molecule has 5 heteroatoms. The predicted octanol–water partition coefficient (Wildman–Crippen LogP) is 2.22. The van der Waals surface area contributed by atoms with E-state index in [2.05, 4.69) is 9.97 Å². The Morgan fingerprint density at radius 1 is 1.57 bits per heavy atom. The van der Waals surface area contributed by atoms with Crippen LogP contribution in [0.4, 0.5) is 0 Å². The van der Waals surface area contributed by atoms with Crippen LogP contribution in [0.15, 0.2) is 12.1 Å². The molecule has 0 saturated carbocycles. The maximum absolute atomic E-state index is 10.7. The number of nitrogens with one attached hydrogen (secondary N) is 1. The van der Waals surface area contributed by atoms with Crippen molar-refractivity contribution in [1.29, 1.82) is 0 Å². The minimum Gasteiger partial charge on any atom is -0.478 e. The summed E-state index contributed by atoms with van der Waals surface area (Å²) in [5.41, 5.74) is 1.44. The summed E-state index contributed by atoms with van der Waals surface area (Å²) in [5, 5.41) is 9.03. The number of hydrogen-bond acceptors (Lipinski definition) is 2. The van der Waals surface area contributed by atoms with Crippen molar-refractivity contribution in [1.82, 2.24) is 9.97 Å². The molecule has 2 rings (SSSR count). The molecule has 0 fully saturated rings. The molecule has 0 aliphatic heterocycles. The van der Waals surface area contributed by atoms with Crippen LogP contribution in [0.2, 0.25) is 5.02 Å². The van der Waals surface area contributed by atoms with Gasteiger partial charge in [-0.15, -0.1) is 0 Å². The first-order valence-electron chi connectivity index (χ1n) is 3.97. The minimum absolute atomic E-state index is 0.0747. The topological polar surface area (TPSA) is 66.0 Å². The molecule has 0 radical (unpaired) electrons. The second kappa shape index (κ2) is 2.99. The largest absolute Gasteiger partial charge is 0.478 e. The lowest BCUT2D eigenvalue weighted by Crippen LogP contribution is -1.96. The van der Waals surface area contributed by atoms with Crippen molar-refractivity contribution in [3.63, 3.8) is 0 Å². The summed E-state index contributed by atoms with van der Waals surface area (Å²) in [6.07, 6.45) is 0. The molecule has 0 aliphatic carbocycles. The van der Waals surface area contributed by atoms with E-state index >= 15 is 0 Å². The minimum atomic E-state index is -1.04. The molecule has 14 heavy (non-hydrogen) atoms. The highest BCUT2D eigenvalue weighted by Gasteiger charge is 2.11.